The number of hydrogen-bond donors (Lipinski definition) is 0. The Morgan fingerprint density at radius 1 is 0.947 bits per heavy atom. The van der Waals surface area contributed by atoms with Crippen molar-refractivity contribution in [3.63, 3.8) is 0 Å². The van der Waals surface area contributed by atoms with Gasteiger partial charge in [-0.3, -0.25) is 13.6 Å². The van der Waals surface area contributed by atoms with Crippen LogP contribution >= 0.6 is 7.82 Å². The van der Waals surface area contributed by atoms with Gasteiger partial charge >= 0.3 is 7.82 Å². The summed E-state index contributed by atoms with van der Waals surface area (Å²) >= 11 is 0. The van der Waals surface area contributed by atoms with Crippen molar-refractivity contribution in [3.05, 3.63) is 11.6 Å². The first-order chi connectivity index (χ1) is 9.11. The predicted octanol–water partition coefficient (Wildman–Crippen LogP) is 5.10. The molecular formula is C14H29O4P. The summed E-state index contributed by atoms with van der Waals surface area (Å²) in [5.74, 6) is 0. The van der Waals surface area contributed by atoms with Gasteiger partial charge in [0.05, 0.1) is 19.8 Å². The summed E-state index contributed by atoms with van der Waals surface area (Å²) < 4.78 is 27.5. The summed E-state index contributed by atoms with van der Waals surface area (Å²) in [4.78, 5) is 0. The topological polar surface area (TPSA) is 44.8 Å². The Morgan fingerprint density at radius 2 is 1.58 bits per heavy atom. The Hall–Kier alpha value is -0.150. The molecule has 4 nitrogen and oxygen atoms in total. The minimum atomic E-state index is -3.36. The molecule has 0 radical (unpaired) electrons. The second kappa shape index (κ2) is 11.7. The van der Waals surface area contributed by atoms with Crippen LogP contribution in [0.5, 0.6) is 0 Å². The van der Waals surface area contributed by atoms with E-state index in [9.17, 15) is 4.57 Å². The highest BCUT2D eigenvalue weighted by molar-refractivity contribution is 7.48. The molecule has 0 amide bonds. The largest absolute Gasteiger partial charge is 0.475 e. The third kappa shape index (κ3) is 9.39. The van der Waals surface area contributed by atoms with Crippen LogP contribution in [0.3, 0.4) is 0 Å². The van der Waals surface area contributed by atoms with Crippen LogP contribution in [-0.4, -0.2) is 19.8 Å². The van der Waals surface area contributed by atoms with Gasteiger partial charge in [0.2, 0.25) is 0 Å². The van der Waals surface area contributed by atoms with Crippen LogP contribution in [0.4, 0.5) is 0 Å². The Balaban J connectivity index is 4.34. The summed E-state index contributed by atoms with van der Waals surface area (Å²) in [7, 11) is -3.36. The smallest absolute Gasteiger partial charge is 0.287 e. The highest BCUT2D eigenvalue weighted by atomic mass is 31.2. The van der Waals surface area contributed by atoms with Crippen molar-refractivity contribution in [3.8, 4) is 0 Å². The maximum absolute atomic E-state index is 12.1. The molecule has 19 heavy (non-hydrogen) atoms. The molecule has 0 aliphatic carbocycles. The molecule has 0 fully saturated rings. The van der Waals surface area contributed by atoms with Crippen molar-refractivity contribution in [2.75, 3.05) is 19.8 Å². The quantitative estimate of drug-likeness (QED) is 0.371. The number of unbranched alkanes of at least 4 members (excludes halogenated alkanes) is 1. The Bertz CT molecular complexity index is 279. The third-order valence-corrected chi connectivity index (χ3v) is 4.22. The van der Waals surface area contributed by atoms with Gasteiger partial charge in [0.15, 0.2) is 0 Å². The van der Waals surface area contributed by atoms with E-state index in [-0.39, 0.29) is 6.61 Å². The molecule has 0 atom stereocenters. The summed E-state index contributed by atoms with van der Waals surface area (Å²) in [6, 6.07) is 0. The average Bonchev–Trinajstić information content (AvgIpc) is 2.36. The Labute approximate surface area is 118 Å². The maximum atomic E-state index is 12.1. The van der Waals surface area contributed by atoms with Crippen molar-refractivity contribution >= 4 is 7.82 Å². The highest BCUT2D eigenvalue weighted by Crippen LogP contribution is 2.49. The highest BCUT2D eigenvalue weighted by Gasteiger charge is 2.24. The van der Waals surface area contributed by atoms with Crippen LogP contribution in [0.15, 0.2) is 11.6 Å². The average molecular weight is 292 g/mol. The van der Waals surface area contributed by atoms with Gasteiger partial charge in [-0.1, -0.05) is 38.3 Å². The van der Waals surface area contributed by atoms with E-state index in [2.05, 4.69) is 13.8 Å². The molecule has 5 heteroatoms. The fourth-order valence-electron chi connectivity index (χ4n) is 1.73. The molecule has 0 bridgehead atoms. The zero-order valence-corrected chi connectivity index (χ0v) is 13.7. The second-order valence-electron chi connectivity index (χ2n) is 4.29. The van der Waals surface area contributed by atoms with Crippen LogP contribution in [0.25, 0.3) is 0 Å². The Morgan fingerprint density at radius 3 is 2.05 bits per heavy atom. The van der Waals surface area contributed by atoms with Gasteiger partial charge < -0.3 is 0 Å². The van der Waals surface area contributed by atoms with E-state index < -0.39 is 7.82 Å². The lowest BCUT2D eigenvalue weighted by molar-refractivity contribution is 0.131. The standard InChI is InChI=1S/C14H29O4P/c1-5-9-11-14(10-6-2)12-13-18-19(15,16-7-3)17-8-4/h12H,5-11,13H2,1-4H3/b14-12+. The van der Waals surface area contributed by atoms with Gasteiger partial charge in [-0.15, -0.1) is 0 Å². The number of phosphoric acid groups is 1. The monoisotopic (exact) mass is 292 g/mol. The van der Waals surface area contributed by atoms with Crippen LogP contribution in [-0.2, 0) is 18.1 Å². The minimum absolute atomic E-state index is 0.288. The molecule has 114 valence electrons. The molecule has 0 aromatic heterocycles. The lowest BCUT2D eigenvalue weighted by Crippen LogP contribution is -2.01. The summed E-state index contributed by atoms with van der Waals surface area (Å²) in [5, 5.41) is 0. The third-order valence-electron chi connectivity index (χ3n) is 2.60. The van der Waals surface area contributed by atoms with E-state index in [0.29, 0.717) is 13.2 Å². The predicted molar refractivity (Wildman–Crippen MR) is 79.3 cm³/mol. The number of allylic oxidation sites excluding steroid dienone is 1. The summed E-state index contributed by atoms with van der Waals surface area (Å²) in [6.45, 7) is 8.81. The first-order valence-electron chi connectivity index (χ1n) is 7.33. The first kappa shape index (κ1) is 18.9. The molecule has 0 spiro atoms. The molecule has 0 heterocycles. The second-order valence-corrected chi connectivity index (χ2v) is 5.96. The van der Waals surface area contributed by atoms with Crippen molar-refractivity contribution in [2.24, 2.45) is 0 Å². The van der Waals surface area contributed by atoms with Gasteiger partial charge in [-0.2, -0.15) is 0 Å². The fraction of sp³-hybridized carbons (Fsp3) is 0.857. The molecule has 0 aromatic rings. The maximum Gasteiger partial charge on any atom is 0.475 e. The van der Waals surface area contributed by atoms with E-state index >= 15 is 0 Å². The van der Waals surface area contributed by atoms with Gasteiger partial charge in [-0.05, 0) is 33.1 Å². The lowest BCUT2D eigenvalue weighted by Gasteiger charge is -2.15. The minimum Gasteiger partial charge on any atom is -0.287 e. The van der Waals surface area contributed by atoms with Crippen LogP contribution < -0.4 is 0 Å². The molecule has 0 aromatic carbocycles. The van der Waals surface area contributed by atoms with Crippen molar-refractivity contribution < 1.29 is 18.1 Å². The van der Waals surface area contributed by atoms with Crippen molar-refractivity contribution in [1.82, 2.24) is 0 Å². The Kier molecular flexibility index (Phi) is 11.6. The van der Waals surface area contributed by atoms with Crippen molar-refractivity contribution in [1.29, 1.82) is 0 Å². The van der Waals surface area contributed by atoms with E-state index in [0.717, 1.165) is 19.3 Å². The normalized spacial score (nSPS) is 12.9. The molecule has 0 saturated heterocycles. The molecule has 0 aliphatic heterocycles. The molecule has 0 N–H and O–H groups in total. The summed E-state index contributed by atoms with van der Waals surface area (Å²) in [5.41, 5.74) is 1.36. The lowest BCUT2D eigenvalue weighted by atomic mass is 10.0. The van der Waals surface area contributed by atoms with Crippen molar-refractivity contribution in [2.45, 2.75) is 59.8 Å². The molecule has 0 rings (SSSR count). The first-order valence-corrected chi connectivity index (χ1v) is 8.79. The van der Waals surface area contributed by atoms with Gasteiger partial charge in [0.25, 0.3) is 0 Å². The molecule has 0 unspecified atom stereocenters. The van der Waals surface area contributed by atoms with Crippen LogP contribution in [0, 0.1) is 0 Å². The zero-order valence-electron chi connectivity index (χ0n) is 12.8. The van der Waals surface area contributed by atoms with Gasteiger partial charge in [-0.25, -0.2) is 4.57 Å². The number of phosphoric ester groups is 1. The van der Waals surface area contributed by atoms with Crippen LogP contribution in [0.2, 0.25) is 0 Å². The number of hydrogen-bond acceptors (Lipinski definition) is 4. The molecular weight excluding hydrogens is 263 g/mol. The van der Waals surface area contributed by atoms with E-state index in [1.165, 1.54) is 18.4 Å². The zero-order chi connectivity index (χ0) is 14.6. The SMILES string of the molecule is CCCC/C(=C/COP(=O)(OCC)OCC)CCC. The van der Waals surface area contributed by atoms with E-state index in [4.69, 9.17) is 13.6 Å². The van der Waals surface area contributed by atoms with Gasteiger partial charge in [0.1, 0.15) is 0 Å². The van der Waals surface area contributed by atoms with Crippen LogP contribution in [0.1, 0.15) is 59.8 Å². The van der Waals surface area contributed by atoms with E-state index in [1.54, 1.807) is 13.8 Å². The van der Waals surface area contributed by atoms with E-state index in [1.807, 2.05) is 6.08 Å². The summed E-state index contributed by atoms with van der Waals surface area (Å²) in [6.07, 6.45) is 7.64. The fourth-order valence-corrected chi connectivity index (χ4v) is 2.84. The number of rotatable bonds is 12. The molecule has 0 aliphatic rings. The van der Waals surface area contributed by atoms with Gasteiger partial charge in [0, 0.05) is 0 Å². The molecule has 0 saturated carbocycles.